The Labute approximate surface area is 217 Å². The minimum absolute atomic E-state index is 0.00502. The van der Waals surface area contributed by atoms with Gasteiger partial charge in [-0.05, 0) is 49.4 Å². The number of thiophene rings is 1. The molecule has 37 heavy (non-hydrogen) atoms. The van der Waals surface area contributed by atoms with Crippen molar-refractivity contribution in [3.63, 3.8) is 0 Å². The van der Waals surface area contributed by atoms with Crippen molar-refractivity contribution in [1.29, 1.82) is 0 Å². The third-order valence-electron chi connectivity index (χ3n) is 5.59. The fraction of sp³-hybridized carbons (Fsp3) is 0.304. The van der Waals surface area contributed by atoms with E-state index in [0.717, 1.165) is 30.3 Å². The highest BCUT2D eigenvalue weighted by atomic mass is 35.5. The fourth-order valence-electron chi connectivity index (χ4n) is 3.90. The van der Waals surface area contributed by atoms with Crippen LogP contribution in [-0.2, 0) is 22.4 Å². The average Bonchev–Trinajstić information content (AvgIpc) is 3.38. The van der Waals surface area contributed by atoms with Gasteiger partial charge in [0, 0.05) is 24.7 Å². The molecule has 1 saturated heterocycles. The molecule has 2 aromatic carbocycles. The highest BCUT2D eigenvalue weighted by molar-refractivity contribution is 7.94. The van der Waals surface area contributed by atoms with Crippen LogP contribution in [0.25, 0.3) is 11.1 Å². The monoisotopic (exact) mass is 584 g/mol. The first-order valence-electron chi connectivity index (χ1n) is 10.7. The van der Waals surface area contributed by atoms with Crippen LogP contribution >= 0.6 is 22.9 Å². The molecule has 3 aromatic rings. The number of ether oxygens (including phenoxy) is 1. The zero-order chi connectivity index (χ0) is 27.2. The summed E-state index contributed by atoms with van der Waals surface area (Å²) in [5.41, 5.74) is -2.38. The second-order valence-electron chi connectivity index (χ2n) is 8.44. The largest absolute Gasteiger partial charge is 0.488 e. The number of benzene rings is 2. The van der Waals surface area contributed by atoms with Gasteiger partial charge in [-0.3, -0.25) is 4.72 Å². The molecule has 1 aliphatic rings. The Morgan fingerprint density at radius 3 is 2.41 bits per heavy atom. The van der Waals surface area contributed by atoms with Gasteiger partial charge in [0.25, 0.3) is 10.0 Å². The molecule has 0 bridgehead atoms. The van der Waals surface area contributed by atoms with Gasteiger partial charge in [0.15, 0.2) is 0 Å². The van der Waals surface area contributed by atoms with Gasteiger partial charge in [-0.2, -0.15) is 26.3 Å². The summed E-state index contributed by atoms with van der Waals surface area (Å²) in [5.74, 6) is -0.532. The van der Waals surface area contributed by atoms with Gasteiger partial charge in [-0.1, -0.05) is 23.7 Å². The molecule has 14 heteroatoms. The summed E-state index contributed by atoms with van der Waals surface area (Å²) in [6.07, 6.45) is -9.41. The average molecular weight is 585 g/mol. The molecule has 2 heterocycles. The van der Waals surface area contributed by atoms with Gasteiger partial charge in [-0.25, -0.2) is 8.42 Å². The van der Waals surface area contributed by atoms with Crippen molar-refractivity contribution in [3.05, 3.63) is 64.0 Å². The van der Waals surface area contributed by atoms with E-state index in [-0.39, 0.29) is 21.2 Å². The van der Waals surface area contributed by atoms with Crippen molar-refractivity contribution in [2.45, 2.75) is 29.1 Å². The molecule has 200 valence electrons. The van der Waals surface area contributed by atoms with Crippen LogP contribution in [0.4, 0.5) is 32.0 Å². The Hall–Kier alpha value is -2.48. The van der Waals surface area contributed by atoms with Crippen LogP contribution < -0.4 is 9.46 Å². The lowest BCUT2D eigenvalue weighted by molar-refractivity contribution is -0.139. The topological polar surface area (TPSA) is 58.6 Å². The summed E-state index contributed by atoms with van der Waals surface area (Å²) in [7, 11) is -2.66. The van der Waals surface area contributed by atoms with Crippen molar-refractivity contribution < 1.29 is 39.5 Å². The number of nitrogens with one attached hydrogen (secondary N) is 1. The number of anilines is 1. The number of hydrogen-bond acceptors (Lipinski definition) is 5. The highest BCUT2D eigenvalue weighted by Gasteiger charge is 2.36. The molecule has 0 radical (unpaired) electrons. The van der Waals surface area contributed by atoms with Gasteiger partial charge in [0.05, 0.1) is 21.2 Å². The number of rotatable bonds is 6. The first kappa shape index (κ1) is 27.6. The first-order chi connectivity index (χ1) is 17.1. The molecule has 1 atom stereocenters. The van der Waals surface area contributed by atoms with Crippen LogP contribution in [0.5, 0.6) is 5.75 Å². The van der Waals surface area contributed by atoms with Crippen molar-refractivity contribution in [1.82, 2.24) is 4.90 Å². The molecule has 5 nitrogen and oxygen atoms in total. The van der Waals surface area contributed by atoms with E-state index in [0.29, 0.717) is 36.9 Å². The Balaban J connectivity index is 1.69. The normalized spacial score (nSPS) is 17.2. The SMILES string of the molecule is CN1CC[C@@H](Oc2cc(NS(=O)(=O)c3sc(Cl)cc3-c3cccc(C(F)(F)F)c3)ccc2C(F)(F)F)C1. The van der Waals surface area contributed by atoms with Crippen LogP contribution in [0.3, 0.4) is 0 Å². The fourth-order valence-corrected chi connectivity index (χ4v) is 6.85. The number of nitrogens with zero attached hydrogens (tertiary/aromatic N) is 1. The maximum absolute atomic E-state index is 13.6. The summed E-state index contributed by atoms with van der Waals surface area (Å²) in [6, 6.07) is 7.87. The molecule has 0 spiro atoms. The van der Waals surface area contributed by atoms with Crippen LogP contribution in [0.15, 0.2) is 52.7 Å². The quantitative estimate of drug-likeness (QED) is 0.317. The molecule has 0 aliphatic carbocycles. The zero-order valence-electron chi connectivity index (χ0n) is 19.0. The van der Waals surface area contributed by atoms with Gasteiger partial charge in [0.1, 0.15) is 16.1 Å². The summed E-state index contributed by atoms with van der Waals surface area (Å²) in [4.78, 5) is 1.89. The summed E-state index contributed by atoms with van der Waals surface area (Å²) in [5, 5.41) is 0. The smallest absolute Gasteiger partial charge is 0.419 e. The number of hydrogen-bond donors (Lipinski definition) is 1. The van der Waals surface area contributed by atoms with Crippen molar-refractivity contribution in [2.75, 3.05) is 24.9 Å². The summed E-state index contributed by atoms with van der Waals surface area (Å²) >= 11 is 6.62. The highest BCUT2D eigenvalue weighted by Crippen LogP contribution is 2.42. The number of halogens is 7. The van der Waals surface area contributed by atoms with E-state index in [1.165, 1.54) is 12.1 Å². The molecular formula is C23H19ClF6N2O3S2. The predicted octanol–water partition coefficient (Wildman–Crippen LogP) is 6.99. The molecule has 4 rings (SSSR count). The molecule has 1 fully saturated rings. The third-order valence-corrected chi connectivity index (χ3v) is 8.77. The lowest BCUT2D eigenvalue weighted by atomic mass is 10.1. The van der Waals surface area contributed by atoms with Crippen molar-refractivity contribution >= 4 is 38.6 Å². The van der Waals surface area contributed by atoms with E-state index in [4.69, 9.17) is 16.3 Å². The molecular weight excluding hydrogens is 566 g/mol. The number of sulfonamides is 1. The van der Waals surface area contributed by atoms with E-state index in [9.17, 15) is 34.8 Å². The number of likely N-dealkylation sites (N-methyl/N-ethyl adjacent to an activating group) is 1. The predicted molar refractivity (Wildman–Crippen MR) is 129 cm³/mol. The Kier molecular flexibility index (Phi) is 7.45. The number of alkyl halides is 6. The zero-order valence-corrected chi connectivity index (χ0v) is 21.3. The molecule has 0 saturated carbocycles. The molecule has 1 aliphatic heterocycles. The van der Waals surface area contributed by atoms with E-state index in [2.05, 4.69) is 4.72 Å². The third kappa shape index (κ3) is 6.33. The number of likely N-dealkylation sites (tertiary alicyclic amines) is 1. The van der Waals surface area contributed by atoms with E-state index >= 15 is 0 Å². The van der Waals surface area contributed by atoms with Crippen molar-refractivity contribution in [2.24, 2.45) is 0 Å². The summed E-state index contributed by atoms with van der Waals surface area (Å²) in [6.45, 7) is 1.04. The van der Waals surface area contributed by atoms with Gasteiger partial charge < -0.3 is 9.64 Å². The van der Waals surface area contributed by atoms with E-state index in [1.807, 2.05) is 4.90 Å². The lowest BCUT2D eigenvalue weighted by Gasteiger charge is -2.19. The molecule has 0 amide bonds. The molecule has 1 aromatic heterocycles. The lowest BCUT2D eigenvalue weighted by Crippen LogP contribution is -2.23. The van der Waals surface area contributed by atoms with Gasteiger partial charge in [0.2, 0.25) is 0 Å². The summed E-state index contributed by atoms with van der Waals surface area (Å²) < 4.78 is 114. The second kappa shape index (κ2) is 10.0. The molecule has 0 unspecified atom stereocenters. The minimum Gasteiger partial charge on any atom is -0.488 e. The Bertz CT molecular complexity index is 1410. The first-order valence-corrected chi connectivity index (χ1v) is 13.4. The minimum atomic E-state index is -4.74. The van der Waals surface area contributed by atoms with E-state index < -0.39 is 49.6 Å². The Morgan fingerprint density at radius 1 is 1.05 bits per heavy atom. The standard InChI is InChI=1S/C23H19ClF6N2O3S2/c1-32-8-7-16(12-32)35-19-10-15(5-6-18(19)23(28,29)30)31-37(33,34)21-17(11-20(24)36-21)13-3-2-4-14(9-13)22(25,26)27/h2-6,9-11,16,31H,7-8,12H2,1H3/t16-/m1/s1. The van der Waals surface area contributed by atoms with E-state index in [1.54, 1.807) is 7.05 Å². The van der Waals surface area contributed by atoms with Crippen LogP contribution in [0.2, 0.25) is 4.34 Å². The maximum atomic E-state index is 13.6. The van der Waals surface area contributed by atoms with Gasteiger partial charge >= 0.3 is 12.4 Å². The second-order valence-corrected chi connectivity index (χ2v) is 12.0. The Morgan fingerprint density at radius 2 is 1.78 bits per heavy atom. The van der Waals surface area contributed by atoms with Crippen LogP contribution in [0, 0.1) is 0 Å². The van der Waals surface area contributed by atoms with Crippen LogP contribution in [0.1, 0.15) is 17.5 Å². The molecule has 1 N–H and O–H groups in total. The van der Waals surface area contributed by atoms with Crippen molar-refractivity contribution in [3.8, 4) is 16.9 Å². The van der Waals surface area contributed by atoms with Gasteiger partial charge in [-0.15, -0.1) is 11.3 Å². The van der Waals surface area contributed by atoms with Crippen LogP contribution in [-0.4, -0.2) is 39.6 Å². The maximum Gasteiger partial charge on any atom is 0.419 e.